The third kappa shape index (κ3) is 16.0. The van der Waals surface area contributed by atoms with E-state index in [-0.39, 0.29) is 0 Å². The number of hydrogen-bond acceptors (Lipinski definition) is 4. The Morgan fingerprint density at radius 3 is 1.41 bits per heavy atom. The smallest absolute Gasteiger partial charge is 0.309 e. The fourth-order valence-corrected chi connectivity index (χ4v) is 3.37. The summed E-state index contributed by atoms with van der Waals surface area (Å²) in [5.41, 5.74) is 0. The van der Waals surface area contributed by atoms with Gasteiger partial charge in [-0.3, -0.25) is 9.59 Å². The molecule has 0 aliphatic carbocycles. The minimum Gasteiger partial charge on any atom is -0.415 e. The van der Waals surface area contributed by atoms with Crippen molar-refractivity contribution in [2.24, 2.45) is 0 Å². The summed E-state index contributed by atoms with van der Waals surface area (Å²) in [6.45, 7) is 10.6. The van der Waals surface area contributed by atoms with Crippen molar-refractivity contribution in [1.29, 1.82) is 0 Å². The molecule has 0 amide bonds. The highest BCUT2D eigenvalue weighted by molar-refractivity contribution is 5.71. The van der Waals surface area contributed by atoms with Gasteiger partial charge in [-0.25, -0.2) is 0 Å². The lowest BCUT2D eigenvalue weighted by Crippen LogP contribution is -2.35. The lowest BCUT2D eigenvalue weighted by atomic mass is 10.0. The van der Waals surface area contributed by atoms with E-state index in [1.54, 1.807) is 0 Å². The van der Waals surface area contributed by atoms with Crippen LogP contribution < -0.4 is 0 Å². The predicted octanol–water partition coefficient (Wildman–Crippen LogP) is 7.42. The fourth-order valence-electron chi connectivity index (χ4n) is 3.37. The summed E-state index contributed by atoms with van der Waals surface area (Å²) in [4.78, 5) is 23.1. The van der Waals surface area contributed by atoms with Gasteiger partial charge in [-0.15, -0.1) is 0 Å². The van der Waals surface area contributed by atoms with Crippen LogP contribution in [0.5, 0.6) is 0 Å². The summed E-state index contributed by atoms with van der Waals surface area (Å²) >= 11 is 0. The van der Waals surface area contributed by atoms with E-state index in [0.29, 0.717) is 6.42 Å². The van der Waals surface area contributed by atoms with Gasteiger partial charge in [0.2, 0.25) is 0 Å². The molecule has 0 aliphatic rings. The lowest BCUT2D eigenvalue weighted by Gasteiger charge is -2.25. The van der Waals surface area contributed by atoms with E-state index < -0.39 is 17.7 Å². The SMILES string of the molecule is C=CC(C=C)(OC(C)=O)OC(=O)CCCCCCCCCCCCCCCCC. The molecule has 0 heterocycles. The Morgan fingerprint density at radius 1 is 0.690 bits per heavy atom. The van der Waals surface area contributed by atoms with Gasteiger partial charge in [-0.1, -0.05) is 110 Å². The zero-order valence-electron chi connectivity index (χ0n) is 19.0. The molecule has 4 nitrogen and oxygen atoms in total. The van der Waals surface area contributed by atoms with Gasteiger partial charge in [0.15, 0.2) is 0 Å². The zero-order chi connectivity index (χ0) is 21.8. The Hall–Kier alpha value is -1.58. The highest BCUT2D eigenvalue weighted by Crippen LogP contribution is 2.19. The standard InChI is InChI=1S/C25H44O4/c1-5-8-9-10-11-12-13-14-15-16-17-18-19-20-21-22-24(27)29-25(6-2,7-3)28-23(4)26/h6-7H,2-3,5,8-22H2,1,4H3. The molecule has 0 saturated carbocycles. The molecule has 0 aliphatic heterocycles. The first-order valence-corrected chi connectivity index (χ1v) is 11.7. The van der Waals surface area contributed by atoms with Crippen molar-refractivity contribution in [2.75, 3.05) is 0 Å². The van der Waals surface area contributed by atoms with Crippen molar-refractivity contribution in [3.8, 4) is 0 Å². The molecule has 0 aromatic heterocycles. The number of hydrogen-bond donors (Lipinski definition) is 0. The molecule has 0 fully saturated rings. The summed E-state index contributed by atoms with van der Waals surface area (Å²) in [6, 6.07) is 0. The van der Waals surface area contributed by atoms with Crippen molar-refractivity contribution < 1.29 is 19.1 Å². The predicted molar refractivity (Wildman–Crippen MR) is 121 cm³/mol. The number of rotatable bonds is 20. The van der Waals surface area contributed by atoms with E-state index in [4.69, 9.17) is 9.47 Å². The first-order chi connectivity index (χ1) is 14.0. The van der Waals surface area contributed by atoms with Gasteiger partial charge in [0.05, 0.1) is 0 Å². The highest BCUT2D eigenvalue weighted by Gasteiger charge is 2.30. The molecule has 0 rings (SSSR count). The number of carbonyl (C=O) groups is 2. The zero-order valence-corrected chi connectivity index (χ0v) is 19.0. The maximum Gasteiger partial charge on any atom is 0.309 e. The van der Waals surface area contributed by atoms with Crippen molar-refractivity contribution >= 4 is 11.9 Å². The number of unbranched alkanes of at least 4 members (excludes halogenated alkanes) is 14. The number of carbonyl (C=O) groups excluding carboxylic acids is 2. The molecular weight excluding hydrogens is 364 g/mol. The van der Waals surface area contributed by atoms with Gasteiger partial charge >= 0.3 is 11.9 Å². The van der Waals surface area contributed by atoms with Gasteiger partial charge in [-0.05, 0) is 18.6 Å². The quantitative estimate of drug-likeness (QED) is 0.0910. The van der Waals surface area contributed by atoms with Gasteiger partial charge in [0.25, 0.3) is 5.79 Å². The second-order valence-electron chi connectivity index (χ2n) is 7.90. The first-order valence-electron chi connectivity index (χ1n) is 11.7. The Labute approximate surface area is 179 Å². The molecule has 0 N–H and O–H groups in total. The topological polar surface area (TPSA) is 52.6 Å². The average molecular weight is 409 g/mol. The molecule has 0 radical (unpaired) electrons. The number of esters is 2. The third-order valence-corrected chi connectivity index (χ3v) is 5.13. The van der Waals surface area contributed by atoms with E-state index in [1.807, 2.05) is 0 Å². The average Bonchev–Trinajstić information content (AvgIpc) is 2.70. The molecule has 168 valence electrons. The number of ether oxygens (including phenoxy) is 2. The van der Waals surface area contributed by atoms with Crippen LogP contribution in [0, 0.1) is 0 Å². The molecule has 0 aromatic carbocycles. The molecule has 4 heteroatoms. The van der Waals surface area contributed by atoms with E-state index in [9.17, 15) is 9.59 Å². The Kier molecular flexibility index (Phi) is 17.4. The van der Waals surface area contributed by atoms with Gasteiger partial charge in [0.1, 0.15) is 0 Å². The third-order valence-electron chi connectivity index (χ3n) is 5.13. The van der Waals surface area contributed by atoms with E-state index in [1.165, 1.54) is 96.1 Å². The van der Waals surface area contributed by atoms with Crippen LogP contribution in [-0.4, -0.2) is 17.7 Å². The summed E-state index contributed by atoms with van der Waals surface area (Å²) in [5, 5.41) is 0. The van der Waals surface area contributed by atoms with E-state index >= 15 is 0 Å². The molecule has 29 heavy (non-hydrogen) atoms. The molecule has 0 unspecified atom stereocenters. The van der Waals surface area contributed by atoms with Crippen LogP contribution in [0.15, 0.2) is 25.3 Å². The van der Waals surface area contributed by atoms with Crippen molar-refractivity contribution in [2.45, 2.75) is 122 Å². The molecule has 0 spiro atoms. The molecule has 0 bridgehead atoms. The lowest BCUT2D eigenvalue weighted by molar-refractivity contribution is -0.196. The van der Waals surface area contributed by atoms with E-state index in [2.05, 4.69) is 20.1 Å². The largest absolute Gasteiger partial charge is 0.415 e. The van der Waals surface area contributed by atoms with Gasteiger partial charge in [-0.2, -0.15) is 0 Å². The van der Waals surface area contributed by atoms with Crippen LogP contribution in [0.2, 0.25) is 0 Å². The summed E-state index contributed by atoms with van der Waals surface area (Å²) in [7, 11) is 0. The van der Waals surface area contributed by atoms with Crippen LogP contribution >= 0.6 is 0 Å². The maximum atomic E-state index is 12.0. The maximum absolute atomic E-state index is 12.0. The first kappa shape index (κ1) is 27.4. The normalized spacial score (nSPS) is 11.1. The Bertz CT molecular complexity index is 448. The Balaban J connectivity index is 3.56. The second kappa shape index (κ2) is 18.4. The summed E-state index contributed by atoms with van der Waals surface area (Å²) in [6.07, 6.45) is 22.0. The van der Waals surface area contributed by atoms with Crippen molar-refractivity contribution in [3.05, 3.63) is 25.3 Å². The highest BCUT2D eigenvalue weighted by atomic mass is 16.7. The van der Waals surface area contributed by atoms with Crippen LogP contribution in [0.4, 0.5) is 0 Å². The molecule has 0 aromatic rings. The molecule has 0 atom stereocenters. The van der Waals surface area contributed by atoms with Crippen LogP contribution in [0.3, 0.4) is 0 Å². The van der Waals surface area contributed by atoms with Crippen LogP contribution in [0.1, 0.15) is 117 Å². The second-order valence-corrected chi connectivity index (χ2v) is 7.90. The van der Waals surface area contributed by atoms with Gasteiger partial charge < -0.3 is 9.47 Å². The van der Waals surface area contributed by atoms with Gasteiger partial charge in [0, 0.05) is 13.3 Å². The summed E-state index contributed by atoms with van der Waals surface area (Å²) in [5.74, 6) is -2.51. The summed E-state index contributed by atoms with van der Waals surface area (Å²) < 4.78 is 10.3. The molecule has 0 saturated heterocycles. The minimum atomic E-state index is -1.56. The van der Waals surface area contributed by atoms with Crippen LogP contribution in [0.25, 0.3) is 0 Å². The molecular formula is C25H44O4. The monoisotopic (exact) mass is 408 g/mol. The van der Waals surface area contributed by atoms with Crippen LogP contribution in [-0.2, 0) is 19.1 Å². The van der Waals surface area contributed by atoms with Crippen molar-refractivity contribution in [3.63, 3.8) is 0 Å². The van der Waals surface area contributed by atoms with E-state index in [0.717, 1.165) is 19.3 Å². The minimum absolute atomic E-state index is 0.308. The Morgan fingerprint density at radius 2 is 1.07 bits per heavy atom. The fraction of sp³-hybridized carbons (Fsp3) is 0.760. The van der Waals surface area contributed by atoms with Crippen molar-refractivity contribution in [1.82, 2.24) is 0 Å².